The molecule has 4 nitrogen and oxygen atoms in total. The molecule has 0 aliphatic carbocycles. The Labute approximate surface area is 128 Å². The largest absolute Gasteiger partial charge is 0.383 e. The highest BCUT2D eigenvalue weighted by Gasteiger charge is 2.28. The van der Waals surface area contributed by atoms with E-state index in [1.54, 1.807) is 7.11 Å². The van der Waals surface area contributed by atoms with Crippen LogP contribution in [0.2, 0.25) is 0 Å². The molecule has 1 aliphatic rings. The van der Waals surface area contributed by atoms with Crippen molar-refractivity contribution in [1.82, 2.24) is 10.2 Å². The fraction of sp³-hybridized carbons (Fsp3) is 0.647. The van der Waals surface area contributed by atoms with Crippen LogP contribution in [0.5, 0.6) is 0 Å². The summed E-state index contributed by atoms with van der Waals surface area (Å²) >= 11 is 0. The molecule has 0 radical (unpaired) electrons. The molecular formula is C17H28N2O2. The first-order valence-corrected chi connectivity index (χ1v) is 7.73. The molecular weight excluding hydrogens is 264 g/mol. The van der Waals surface area contributed by atoms with Crippen molar-refractivity contribution in [3.8, 4) is 0 Å². The van der Waals surface area contributed by atoms with E-state index in [4.69, 9.17) is 9.47 Å². The monoisotopic (exact) mass is 292 g/mol. The number of morpholine rings is 1. The number of methoxy groups -OCH3 is 1. The smallest absolute Gasteiger partial charge is 0.0657 e. The summed E-state index contributed by atoms with van der Waals surface area (Å²) in [4.78, 5) is 2.50. The Hall–Kier alpha value is -0.940. The fourth-order valence-electron chi connectivity index (χ4n) is 2.78. The maximum absolute atomic E-state index is 5.45. The average molecular weight is 292 g/mol. The third-order valence-corrected chi connectivity index (χ3v) is 4.18. The molecule has 1 heterocycles. The lowest BCUT2D eigenvalue weighted by Crippen LogP contribution is -2.55. The topological polar surface area (TPSA) is 33.7 Å². The van der Waals surface area contributed by atoms with Crippen LogP contribution < -0.4 is 5.32 Å². The minimum absolute atomic E-state index is 0.116. The van der Waals surface area contributed by atoms with Crippen LogP contribution in [-0.4, -0.2) is 57.0 Å². The maximum Gasteiger partial charge on any atom is 0.0657 e. The average Bonchev–Trinajstić information content (AvgIpc) is 2.53. The standard InChI is InChI=1S/C17H28N2O2/c1-17(2,19-9-11-21-12-10-19)14-18-16(13-20-3)15-7-5-4-6-8-15/h4-8,16,18H,9-14H2,1-3H3. The lowest BCUT2D eigenvalue weighted by atomic mass is 10.00. The van der Waals surface area contributed by atoms with Gasteiger partial charge in [-0.25, -0.2) is 0 Å². The molecule has 1 aromatic carbocycles. The molecule has 1 aromatic rings. The van der Waals surface area contributed by atoms with Gasteiger partial charge in [0.1, 0.15) is 0 Å². The summed E-state index contributed by atoms with van der Waals surface area (Å²) in [6.07, 6.45) is 0. The van der Waals surface area contributed by atoms with Crippen LogP contribution in [0.15, 0.2) is 30.3 Å². The van der Waals surface area contributed by atoms with Crippen LogP contribution in [0.3, 0.4) is 0 Å². The minimum Gasteiger partial charge on any atom is -0.383 e. The highest BCUT2D eigenvalue weighted by atomic mass is 16.5. The van der Waals surface area contributed by atoms with Gasteiger partial charge in [-0.3, -0.25) is 4.90 Å². The van der Waals surface area contributed by atoms with Crippen LogP contribution in [0.1, 0.15) is 25.5 Å². The predicted molar refractivity (Wildman–Crippen MR) is 85.5 cm³/mol. The van der Waals surface area contributed by atoms with Crippen LogP contribution in [0.4, 0.5) is 0 Å². The van der Waals surface area contributed by atoms with Gasteiger partial charge in [0.2, 0.25) is 0 Å². The fourth-order valence-corrected chi connectivity index (χ4v) is 2.78. The second-order valence-corrected chi connectivity index (χ2v) is 6.21. The van der Waals surface area contributed by atoms with Gasteiger partial charge < -0.3 is 14.8 Å². The quantitative estimate of drug-likeness (QED) is 0.834. The Balaban J connectivity index is 1.94. The predicted octanol–water partition coefficient (Wildman–Crippen LogP) is 2.07. The van der Waals surface area contributed by atoms with Crippen molar-refractivity contribution in [2.24, 2.45) is 0 Å². The molecule has 4 heteroatoms. The number of benzene rings is 1. The molecule has 1 aliphatic heterocycles. The summed E-state index contributed by atoms with van der Waals surface area (Å²) in [5.74, 6) is 0. The molecule has 1 saturated heterocycles. The zero-order valence-electron chi connectivity index (χ0n) is 13.5. The van der Waals surface area contributed by atoms with Crippen LogP contribution >= 0.6 is 0 Å². The summed E-state index contributed by atoms with van der Waals surface area (Å²) in [7, 11) is 1.75. The molecule has 0 amide bonds. The van der Waals surface area contributed by atoms with Gasteiger partial charge in [-0.2, -0.15) is 0 Å². The van der Waals surface area contributed by atoms with Crippen molar-refractivity contribution in [3.05, 3.63) is 35.9 Å². The van der Waals surface area contributed by atoms with E-state index >= 15 is 0 Å². The summed E-state index contributed by atoms with van der Waals surface area (Å²) in [5.41, 5.74) is 1.39. The molecule has 1 atom stereocenters. The third kappa shape index (κ3) is 4.78. The first-order valence-electron chi connectivity index (χ1n) is 7.73. The Morgan fingerprint density at radius 1 is 1.24 bits per heavy atom. The van der Waals surface area contributed by atoms with Crippen LogP contribution in [0, 0.1) is 0 Å². The number of nitrogens with zero attached hydrogens (tertiary/aromatic N) is 1. The lowest BCUT2D eigenvalue weighted by molar-refractivity contribution is -0.0111. The second-order valence-electron chi connectivity index (χ2n) is 6.21. The number of rotatable bonds is 7. The lowest BCUT2D eigenvalue weighted by Gasteiger charge is -2.41. The van der Waals surface area contributed by atoms with E-state index in [2.05, 4.69) is 48.3 Å². The summed E-state index contributed by atoms with van der Waals surface area (Å²) in [6, 6.07) is 10.7. The number of nitrogens with one attached hydrogen (secondary N) is 1. The number of hydrogen-bond donors (Lipinski definition) is 1. The van der Waals surface area contributed by atoms with Gasteiger partial charge in [-0.05, 0) is 19.4 Å². The molecule has 0 aromatic heterocycles. The maximum atomic E-state index is 5.45. The van der Waals surface area contributed by atoms with Crippen LogP contribution in [-0.2, 0) is 9.47 Å². The van der Waals surface area contributed by atoms with Gasteiger partial charge in [0.05, 0.1) is 25.9 Å². The van der Waals surface area contributed by atoms with E-state index in [1.807, 2.05) is 6.07 Å². The molecule has 118 valence electrons. The van der Waals surface area contributed by atoms with Crippen molar-refractivity contribution < 1.29 is 9.47 Å². The number of hydrogen-bond acceptors (Lipinski definition) is 4. The Morgan fingerprint density at radius 3 is 2.52 bits per heavy atom. The molecule has 1 fully saturated rings. The second kappa shape index (κ2) is 7.90. The Kier molecular flexibility index (Phi) is 6.18. The first-order chi connectivity index (χ1) is 10.1. The Bertz CT molecular complexity index is 403. The van der Waals surface area contributed by atoms with Crippen molar-refractivity contribution in [2.75, 3.05) is 46.6 Å². The van der Waals surface area contributed by atoms with Gasteiger partial charge >= 0.3 is 0 Å². The summed E-state index contributed by atoms with van der Waals surface area (Å²) in [6.45, 7) is 9.89. The summed E-state index contributed by atoms with van der Waals surface area (Å²) < 4.78 is 10.8. The van der Waals surface area contributed by atoms with Crippen molar-refractivity contribution >= 4 is 0 Å². The van der Waals surface area contributed by atoms with Crippen molar-refractivity contribution in [3.63, 3.8) is 0 Å². The van der Waals surface area contributed by atoms with Gasteiger partial charge in [0, 0.05) is 32.3 Å². The van der Waals surface area contributed by atoms with E-state index in [9.17, 15) is 0 Å². The Morgan fingerprint density at radius 2 is 1.90 bits per heavy atom. The van der Waals surface area contributed by atoms with Gasteiger partial charge in [-0.15, -0.1) is 0 Å². The number of ether oxygens (including phenoxy) is 2. The first kappa shape index (κ1) is 16.4. The zero-order valence-corrected chi connectivity index (χ0v) is 13.5. The van der Waals surface area contributed by atoms with Crippen LogP contribution in [0.25, 0.3) is 0 Å². The van der Waals surface area contributed by atoms with E-state index in [0.717, 1.165) is 32.8 Å². The molecule has 1 N–H and O–H groups in total. The third-order valence-electron chi connectivity index (χ3n) is 4.18. The molecule has 21 heavy (non-hydrogen) atoms. The molecule has 2 rings (SSSR count). The molecule has 1 unspecified atom stereocenters. The zero-order chi connectivity index (χ0) is 15.1. The summed E-state index contributed by atoms with van der Waals surface area (Å²) in [5, 5.41) is 3.67. The molecule has 0 saturated carbocycles. The van der Waals surface area contributed by atoms with E-state index in [-0.39, 0.29) is 11.6 Å². The molecule has 0 bridgehead atoms. The van der Waals surface area contributed by atoms with Crippen molar-refractivity contribution in [1.29, 1.82) is 0 Å². The van der Waals surface area contributed by atoms with Gasteiger partial charge in [0.25, 0.3) is 0 Å². The minimum atomic E-state index is 0.116. The van der Waals surface area contributed by atoms with Crippen molar-refractivity contribution in [2.45, 2.75) is 25.4 Å². The highest BCUT2D eigenvalue weighted by molar-refractivity contribution is 5.19. The van der Waals surface area contributed by atoms with Gasteiger partial charge in [0.15, 0.2) is 0 Å². The van der Waals surface area contributed by atoms with E-state index in [0.29, 0.717) is 6.61 Å². The highest BCUT2D eigenvalue weighted by Crippen LogP contribution is 2.18. The normalized spacial score (nSPS) is 18.6. The SMILES string of the molecule is COCC(NCC(C)(C)N1CCOCC1)c1ccccc1. The molecule has 0 spiro atoms. The van der Waals surface area contributed by atoms with Gasteiger partial charge in [-0.1, -0.05) is 30.3 Å². The van der Waals surface area contributed by atoms with E-state index in [1.165, 1.54) is 5.56 Å². The van der Waals surface area contributed by atoms with E-state index < -0.39 is 0 Å².